The van der Waals surface area contributed by atoms with E-state index in [2.05, 4.69) is 15.5 Å². The van der Waals surface area contributed by atoms with Crippen molar-refractivity contribution < 1.29 is 9.18 Å². The van der Waals surface area contributed by atoms with Gasteiger partial charge in [-0.1, -0.05) is 18.6 Å². The van der Waals surface area contributed by atoms with Gasteiger partial charge in [0.25, 0.3) is 5.91 Å². The Bertz CT molecular complexity index is 676. The lowest BCUT2D eigenvalue weighted by atomic mass is 10.0. The molecule has 2 atom stereocenters. The smallest absolute Gasteiger partial charge is 0.255 e. The molecule has 2 unspecified atom stereocenters. The third-order valence-corrected chi connectivity index (χ3v) is 4.31. The zero-order valence-corrected chi connectivity index (χ0v) is 13.4. The number of nitrogens with one attached hydrogen (secondary N) is 2. The number of hydrogen-bond acceptors (Lipinski definition) is 3. The number of nitrogens with zero attached hydrogens (tertiary/aromatic N) is 1. The summed E-state index contributed by atoms with van der Waals surface area (Å²) in [5, 5.41) is 9.63. The van der Waals surface area contributed by atoms with Crippen LogP contribution in [0.5, 0.6) is 0 Å². The number of halogens is 2. The minimum absolute atomic E-state index is 0. The van der Waals surface area contributed by atoms with Gasteiger partial charge in [-0.3, -0.25) is 9.89 Å². The first-order chi connectivity index (χ1) is 10.7. The average Bonchev–Trinajstić information content (AvgIpc) is 3.16. The zero-order chi connectivity index (χ0) is 15.5. The van der Waals surface area contributed by atoms with Crippen LogP contribution in [0.4, 0.5) is 4.39 Å². The predicted octanol–water partition coefficient (Wildman–Crippen LogP) is 2.49. The second-order valence-corrected chi connectivity index (χ2v) is 5.65. The molecule has 0 aliphatic heterocycles. The summed E-state index contributed by atoms with van der Waals surface area (Å²) in [6.45, 7) is 0.566. The molecule has 124 valence electrons. The van der Waals surface area contributed by atoms with E-state index in [1.54, 1.807) is 18.2 Å². The van der Waals surface area contributed by atoms with Gasteiger partial charge in [-0.25, -0.2) is 4.39 Å². The Morgan fingerprint density at radius 2 is 2.17 bits per heavy atom. The number of hydrogen-bond donors (Lipinski definition) is 3. The van der Waals surface area contributed by atoms with Crippen LogP contribution in [0.15, 0.2) is 30.5 Å². The second-order valence-electron chi connectivity index (χ2n) is 5.65. The highest BCUT2D eigenvalue weighted by atomic mass is 35.5. The van der Waals surface area contributed by atoms with Crippen LogP contribution in [0.3, 0.4) is 0 Å². The molecule has 1 fully saturated rings. The van der Waals surface area contributed by atoms with Gasteiger partial charge in [0.05, 0.1) is 17.5 Å². The molecule has 0 spiro atoms. The van der Waals surface area contributed by atoms with Crippen LogP contribution in [0.2, 0.25) is 0 Å². The summed E-state index contributed by atoms with van der Waals surface area (Å²) < 4.78 is 13.9. The highest BCUT2D eigenvalue weighted by Gasteiger charge is 2.28. The second kappa shape index (κ2) is 7.57. The molecule has 3 rings (SSSR count). The lowest BCUT2D eigenvalue weighted by Gasteiger charge is -2.19. The molecule has 0 bridgehead atoms. The number of benzene rings is 1. The number of rotatable bonds is 4. The molecule has 1 aromatic heterocycles. The van der Waals surface area contributed by atoms with Gasteiger partial charge in [0, 0.05) is 11.6 Å². The van der Waals surface area contributed by atoms with Gasteiger partial charge in [0.1, 0.15) is 5.82 Å². The molecule has 1 aliphatic rings. The Kier molecular flexibility index (Phi) is 5.74. The van der Waals surface area contributed by atoms with Crippen molar-refractivity contribution in [2.24, 2.45) is 11.7 Å². The molecule has 2 aromatic rings. The van der Waals surface area contributed by atoms with Crippen LogP contribution in [0.25, 0.3) is 11.3 Å². The maximum absolute atomic E-state index is 13.9. The van der Waals surface area contributed by atoms with Gasteiger partial charge in [-0.15, -0.1) is 12.4 Å². The summed E-state index contributed by atoms with van der Waals surface area (Å²) in [6.07, 6.45) is 4.47. The molecule has 1 aromatic carbocycles. The Morgan fingerprint density at radius 1 is 1.39 bits per heavy atom. The van der Waals surface area contributed by atoms with Crippen molar-refractivity contribution in [3.05, 3.63) is 41.8 Å². The van der Waals surface area contributed by atoms with E-state index in [9.17, 15) is 9.18 Å². The Labute approximate surface area is 140 Å². The van der Waals surface area contributed by atoms with Crippen molar-refractivity contribution in [3.8, 4) is 11.3 Å². The summed E-state index contributed by atoms with van der Waals surface area (Å²) >= 11 is 0. The maximum atomic E-state index is 13.9. The van der Waals surface area contributed by atoms with Crippen molar-refractivity contribution >= 4 is 18.3 Å². The van der Waals surface area contributed by atoms with E-state index >= 15 is 0 Å². The minimum atomic E-state index is -0.387. The van der Waals surface area contributed by atoms with E-state index in [0.29, 0.717) is 29.3 Å². The number of carbonyl (C=O) groups is 1. The van der Waals surface area contributed by atoms with Gasteiger partial charge in [0.2, 0.25) is 0 Å². The first-order valence-corrected chi connectivity index (χ1v) is 7.50. The number of aromatic nitrogens is 2. The molecular weight excluding hydrogens is 319 g/mol. The quantitative estimate of drug-likeness (QED) is 0.800. The molecule has 4 N–H and O–H groups in total. The molecule has 1 aliphatic carbocycles. The molecule has 1 saturated carbocycles. The third-order valence-electron chi connectivity index (χ3n) is 4.31. The normalized spacial score (nSPS) is 20.1. The van der Waals surface area contributed by atoms with Gasteiger partial charge < -0.3 is 11.1 Å². The van der Waals surface area contributed by atoms with Crippen molar-refractivity contribution in [3.63, 3.8) is 0 Å². The molecule has 1 heterocycles. The van der Waals surface area contributed by atoms with Crippen LogP contribution < -0.4 is 11.1 Å². The summed E-state index contributed by atoms with van der Waals surface area (Å²) in [5.74, 6) is -0.313. The van der Waals surface area contributed by atoms with Gasteiger partial charge >= 0.3 is 0 Å². The van der Waals surface area contributed by atoms with E-state index in [4.69, 9.17) is 5.73 Å². The van der Waals surface area contributed by atoms with Crippen molar-refractivity contribution in [2.45, 2.75) is 25.3 Å². The SMILES string of the molecule is Cl.NCC1CCCC1NC(=O)c1cn[nH]c1-c1ccccc1F. The largest absolute Gasteiger partial charge is 0.349 e. The van der Waals surface area contributed by atoms with Crippen LogP contribution in [0, 0.1) is 11.7 Å². The van der Waals surface area contributed by atoms with E-state index in [-0.39, 0.29) is 30.2 Å². The Morgan fingerprint density at radius 3 is 2.91 bits per heavy atom. The third kappa shape index (κ3) is 3.54. The van der Waals surface area contributed by atoms with Crippen LogP contribution in [-0.2, 0) is 0 Å². The van der Waals surface area contributed by atoms with E-state index in [1.165, 1.54) is 12.3 Å². The fourth-order valence-electron chi connectivity index (χ4n) is 3.08. The standard InChI is InChI=1S/C16H19FN4O.ClH/c17-13-6-2-1-5-11(13)15-12(9-19-21-15)16(22)20-14-7-3-4-10(14)8-18;/h1-2,5-6,9-10,14H,3-4,7-8,18H2,(H,19,21)(H,20,22);1H. The summed E-state index contributed by atoms with van der Waals surface area (Å²) in [5.41, 5.74) is 6.84. The predicted molar refractivity (Wildman–Crippen MR) is 88.9 cm³/mol. The minimum Gasteiger partial charge on any atom is -0.349 e. The van der Waals surface area contributed by atoms with Crippen molar-refractivity contribution in [2.75, 3.05) is 6.54 Å². The monoisotopic (exact) mass is 338 g/mol. The van der Waals surface area contributed by atoms with Gasteiger partial charge in [-0.2, -0.15) is 5.10 Å². The lowest BCUT2D eigenvalue weighted by molar-refractivity contribution is 0.0929. The highest BCUT2D eigenvalue weighted by molar-refractivity contribution is 6.00. The van der Waals surface area contributed by atoms with E-state index in [1.807, 2.05) is 0 Å². The van der Waals surface area contributed by atoms with Crippen LogP contribution in [0.1, 0.15) is 29.6 Å². The van der Waals surface area contributed by atoms with Gasteiger partial charge in [0.15, 0.2) is 0 Å². The van der Waals surface area contributed by atoms with Gasteiger partial charge in [-0.05, 0) is 37.4 Å². The number of amides is 1. The fraction of sp³-hybridized carbons (Fsp3) is 0.375. The molecule has 1 amide bonds. The van der Waals surface area contributed by atoms with Crippen molar-refractivity contribution in [1.82, 2.24) is 15.5 Å². The summed E-state index contributed by atoms with van der Waals surface area (Å²) in [4.78, 5) is 12.5. The number of H-pyrrole nitrogens is 1. The maximum Gasteiger partial charge on any atom is 0.255 e. The highest BCUT2D eigenvalue weighted by Crippen LogP contribution is 2.27. The number of nitrogens with two attached hydrogens (primary N) is 1. The van der Waals surface area contributed by atoms with E-state index < -0.39 is 0 Å². The zero-order valence-electron chi connectivity index (χ0n) is 12.6. The summed E-state index contributed by atoms with van der Waals surface area (Å²) in [7, 11) is 0. The average molecular weight is 339 g/mol. The van der Waals surface area contributed by atoms with Crippen LogP contribution in [-0.4, -0.2) is 28.7 Å². The molecule has 0 radical (unpaired) electrons. The molecular formula is C16H20ClFN4O. The number of aromatic amines is 1. The first kappa shape index (κ1) is 17.4. The number of carbonyl (C=O) groups excluding carboxylic acids is 1. The van der Waals surface area contributed by atoms with Crippen molar-refractivity contribution in [1.29, 1.82) is 0 Å². The Hall–Kier alpha value is -1.92. The van der Waals surface area contributed by atoms with E-state index in [0.717, 1.165) is 19.3 Å². The summed E-state index contributed by atoms with van der Waals surface area (Å²) in [6, 6.07) is 6.40. The molecule has 0 saturated heterocycles. The molecule has 7 heteroatoms. The lowest BCUT2D eigenvalue weighted by Crippen LogP contribution is -2.39. The topological polar surface area (TPSA) is 83.8 Å². The molecule has 23 heavy (non-hydrogen) atoms. The first-order valence-electron chi connectivity index (χ1n) is 7.50. The Balaban J connectivity index is 0.00000192. The fourth-order valence-corrected chi connectivity index (χ4v) is 3.08. The van der Waals surface area contributed by atoms with Crippen LogP contribution >= 0.6 is 12.4 Å². The molecule has 5 nitrogen and oxygen atoms in total.